The van der Waals surface area contributed by atoms with E-state index >= 15 is 0 Å². The highest BCUT2D eigenvalue weighted by Crippen LogP contribution is 2.23. The lowest BCUT2D eigenvalue weighted by molar-refractivity contribution is 0.0432. The van der Waals surface area contributed by atoms with Crippen LogP contribution < -0.4 is 0 Å². The summed E-state index contributed by atoms with van der Waals surface area (Å²) >= 11 is 7.79. The van der Waals surface area contributed by atoms with Gasteiger partial charge >= 0.3 is 5.97 Å². The van der Waals surface area contributed by atoms with Crippen LogP contribution in [0.5, 0.6) is 0 Å². The first-order valence-electron chi connectivity index (χ1n) is 5.63. The molecule has 92 valence electrons. The third-order valence-electron chi connectivity index (χ3n) is 2.77. The monoisotopic (exact) mass is 271 g/mol. The van der Waals surface area contributed by atoms with Crippen molar-refractivity contribution >= 4 is 29.3 Å². The summed E-state index contributed by atoms with van der Waals surface area (Å²) in [5.74, 6) is 2.45. The molecule has 2 heterocycles. The van der Waals surface area contributed by atoms with Crippen molar-refractivity contribution in [1.29, 1.82) is 0 Å². The van der Waals surface area contributed by atoms with E-state index in [1.807, 2.05) is 11.8 Å². The highest BCUT2D eigenvalue weighted by atomic mass is 35.5. The highest BCUT2D eigenvalue weighted by molar-refractivity contribution is 7.99. The van der Waals surface area contributed by atoms with Crippen LogP contribution in [0.25, 0.3) is 0 Å². The SMILES string of the molecule is O=C(OCC1CCSCC1)c1cccnc1Cl. The van der Waals surface area contributed by atoms with Crippen molar-refractivity contribution < 1.29 is 9.53 Å². The fourth-order valence-electron chi connectivity index (χ4n) is 1.72. The van der Waals surface area contributed by atoms with Crippen molar-refractivity contribution in [1.82, 2.24) is 4.98 Å². The Bertz CT molecular complexity index is 394. The zero-order chi connectivity index (χ0) is 12.1. The number of rotatable bonds is 3. The molecule has 0 radical (unpaired) electrons. The number of hydrogen-bond acceptors (Lipinski definition) is 4. The van der Waals surface area contributed by atoms with Crippen LogP contribution >= 0.6 is 23.4 Å². The van der Waals surface area contributed by atoms with Crippen molar-refractivity contribution in [3.63, 3.8) is 0 Å². The first-order valence-corrected chi connectivity index (χ1v) is 7.16. The zero-order valence-electron chi connectivity index (χ0n) is 9.39. The van der Waals surface area contributed by atoms with Crippen LogP contribution in [0.4, 0.5) is 0 Å². The van der Waals surface area contributed by atoms with Crippen molar-refractivity contribution in [3.8, 4) is 0 Å². The van der Waals surface area contributed by atoms with E-state index in [1.165, 1.54) is 0 Å². The van der Waals surface area contributed by atoms with Crippen molar-refractivity contribution in [3.05, 3.63) is 29.0 Å². The molecule has 5 heteroatoms. The van der Waals surface area contributed by atoms with Gasteiger partial charge < -0.3 is 4.74 Å². The Morgan fingerprint density at radius 2 is 2.29 bits per heavy atom. The Labute approximate surface area is 110 Å². The molecule has 0 aromatic carbocycles. The second kappa shape index (κ2) is 6.26. The molecular formula is C12H14ClNO2S. The van der Waals surface area contributed by atoms with Gasteiger partial charge in [-0.25, -0.2) is 9.78 Å². The van der Waals surface area contributed by atoms with Gasteiger partial charge in [0, 0.05) is 6.20 Å². The number of esters is 1. The molecule has 0 amide bonds. The second-order valence-corrected chi connectivity index (χ2v) is 5.58. The van der Waals surface area contributed by atoms with E-state index in [0.29, 0.717) is 18.1 Å². The number of aromatic nitrogens is 1. The summed E-state index contributed by atoms with van der Waals surface area (Å²) in [4.78, 5) is 15.6. The van der Waals surface area contributed by atoms with Gasteiger partial charge in [-0.15, -0.1) is 0 Å². The summed E-state index contributed by atoms with van der Waals surface area (Å²) in [5.41, 5.74) is 0.347. The van der Waals surface area contributed by atoms with Crippen LogP contribution in [0.1, 0.15) is 23.2 Å². The van der Waals surface area contributed by atoms with Crippen molar-refractivity contribution in [2.75, 3.05) is 18.1 Å². The average Bonchev–Trinajstić information content (AvgIpc) is 2.38. The number of ether oxygens (including phenoxy) is 1. The Hall–Kier alpha value is -0.740. The molecule has 0 N–H and O–H groups in total. The van der Waals surface area contributed by atoms with Gasteiger partial charge in [-0.1, -0.05) is 11.6 Å². The Balaban J connectivity index is 1.87. The number of pyridine rings is 1. The van der Waals surface area contributed by atoms with Crippen LogP contribution in [0, 0.1) is 5.92 Å². The largest absolute Gasteiger partial charge is 0.462 e. The van der Waals surface area contributed by atoms with E-state index in [4.69, 9.17) is 16.3 Å². The maximum atomic E-state index is 11.8. The number of carbonyl (C=O) groups excluding carboxylic acids is 1. The minimum absolute atomic E-state index is 0.205. The molecule has 0 aliphatic carbocycles. The lowest BCUT2D eigenvalue weighted by Crippen LogP contribution is -2.18. The molecule has 1 aromatic heterocycles. The molecule has 0 atom stereocenters. The lowest BCUT2D eigenvalue weighted by atomic mass is 10.0. The molecule has 0 spiro atoms. The molecule has 17 heavy (non-hydrogen) atoms. The van der Waals surface area contributed by atoms with Gasteiger partial charge in [-0.05, 0) is 42.4 Å². The summed E-state index contributed by atoms with van der Waals surface area (Å²) in [5, 5.41) is 0.205. The van der Waals surface area contributed by atoms with Gasteiger partial charge in [0.25, 0.3) is 0 Å². The van der Waals surface area contributed by atoms with Crippen LogP contribution in [0.2, 0.25) is 5.15 Å². The number of carbonyl (C=O) groups is 1. The minimum atomic E-state index is -0.374. The maximum absolute atomic E-state index is 11.8. The molecular weight excluding hydrogens is 258 g/mol. The van der Waals surface area contributed by atoms with E-state index < -0.39 is 0 Å². The van der Waals surface area contributed by atoms with E-state index in [1.54, 1.807) is 18.3 Å². The summed E-state index contributed by atoms with van der Waals surface area (Å²) in [6.07, 6.45) is 3.80. The summed E-state index contributed by atoms with van der Waals surface area (Å²) < 4.78 is 5.28. The molecule has 0 unspecified atom stereocenters. The van der Waals surface area contributed by atoms with Crippen LogP contribution in [-0.4, -0.2) is 29.1 Å². The Kier molecular flexibility index (Phi) is 4.68. The third kappa shape index (κ3) is 3.61. The van der Waals surface area contributed by atoms with Gasteiger partial charge in [0.15, 0.2) is 0 Å². The van der Waals surface area contributed by atoms with E-state index in [9.17, 15) is 4.79 Å². The molecule has 1 aliphatic heterocycles. The van der Waals surface area contributed by atoms with Gasteiger partial charge in [-0.3, -0.25) is 0 Å². The van der Waals surface area contributed by atoms with E-state index in [0.717, 1.165) is 24.3 Å². The van der Waals surface area contributed by atoms with Gasteiger partial charge in [0.2, 0.25) is 0 Å². The molecule has 2 rings (SSSR count). The summed E-state index contributed by atoms with van der Waals surface area (Å²) in [6, 6.07) is 3.31. The van der Waals surface area contributed by atoms with Gasteiger partial charge in [0.1, 0.15) is 5.15 Å². The average molecular weight is 272 g/mol. The predicted octanol–water partition coefficient (Wildman–Crippen LogP) is 3.04. The summed E-state index contributed by atoms with van der Waals surface area (Å²) in [6.45, 7) is 0.491. The van der Waals surface area contributed by atoms with Crippen molar-refractivity contribution in [2.45, 2.75) is 12.8 Å². The molecule has 1 saturated heterocycles. The first-order chi connectivity index (χ1) is 8.27. The van der Waals surface area contributed by atoms with Crippen LogP contribution in [0.3, 0.4) is 0 Å². The predicted molar refractivity (Wildman–Crippen MR) is 69.6 cm³/mol. The number of halogens is 1. The number of nitrogens with zero attached hydrogens (tertiary/aromatic N) is 1. The lowest BCUT2D eigenvalue weighted by Gasteiger charge is -2.20. The number of hydrogen-bond donors (Lipinski definition) is 0. The molecule has 3 nitrogen and oxygen atoms in total. The Morgan fingerprint density at radius 3 is 3.00 bits per heavy atom. The standard InChI is InChI=1S/C12H14ClNO2S/c13-11-10(2-1-5-14-11)12(15)16-8-9-3-6-17-7-4-9/h1-2,5,9H,3-4,6-8H2. The molecule has 1 aromatic rings. The molecule has 1 aliphatic rings. The van der Waals surface area contributed by atoms with Crippen LogP contribution in [-0.2, 0) is 4.74 Å². The number of thioether (sulfide) groups is 1. The minimum Gasteiger partial charge on any atom is -0.462 e. The van der Waals surface area contributed by atoms with Crippen molar-refractivity contribution in [2.24, 2.45) is 5.92 Å². The topological polar surface area (TPSA) is 39.2 Å². The Morgan fingerprint density at radius 1 is 1.53 bits per heavy atom. The fourth-order valence-corrected chi connectivity index (χ4v) is 3.12. The zero-order valence-corrected chi connectivity index (χ0v) is 11.0. The maximum Gasteiger partial charge on any atom is 0.341 e. The van der Waals surface area contributed by atoms with Gasteiger partial charge in [-0.2, -0.15) is 11.8 Å². The first kappa shape index (κ1) is 12.7. The highest BCUT2D eigenvalue weighted by Gasteiger charge is 2.17. The molecule has 1 fully saturated rings. The van der Waals surface area contributed by atoms with Crippen LogP contribution in [0.15, 0.2) is 18.3 Å². The molecule has 0 saturated carbocycles. The van der Waals surface area contributed by atoms with E-state index in [2.05, 4.69) is 4.98 Å². The second-order valence-electron chi connectivity index (χ2n) is 4.00. The van der Waals surface area contributed by atoms with E-state index in [-0.39, 0.29) is 11.1 Å². The fraction of sp³-hybridized carbons (Fsp3) is 0.500. The smallest absolute Gasteiger partial charge is 0.341 e. The molecule has 0 bridgehead atoms. The quantitative estimate of drug-likeness (QED) is 0.626. The van der Waals surface area contributed by atoms with Gasteiger partial charge in [0.05, 0.1) is 12.2 Å². The third-order valence-corrected chi connectivity index (χ3v) is 4.12. The summed E-state index contributed by atoms with van der Waals surface area (Å²) in [7, 11) is 0. The normalized spacial score (nSPS) is 16.8.